The van der Waals surface area contributed by atoms with Crippen LogP contribution >= 0.6 is 0 Å². The number of rotatable bonds is 12. The molecule has 1 N–H and O–H groups in total. The van der Waals surface area contributed by atoms with Crippen molar-refractivity contribution in [1.29, 1.82) is 0 Å². The van der Waals surface area contributed by atoms with Crippen LogP contribution in [0.3, 0.4) is 0 Å². The number of carbonyl (C=O) groups is 1. The van der Waals surface area contributed by atoms with Gasteiger partial charge in [-0.2, -0.15) is 0 Å². The summed E-state index contributed by atoms with van der Waals surface area (Å²) in [6.07, 6.45) is 23.5. The zero-order valence-corrected chi connectivity index (χ0v) is 47.5. The molecule has 0 aliphatic carbocycles. The second-order valence-electron chi connectivity index (χ2n) is 18.2. The molecule has 75 heavy (non-hydrogen) atoms. The van der Waals surface area contributed by atoms with Crippen molar-refractivity contribution in [3.8, 4) is 11.5 Å². The normalized spacial score (nSPS) is 9.47. The summed E-state index contributed by atoms with van der Waals surface area (Å²) in [5.41, 5.74) is 10.6. The highest BCUT2D eigenvalue weighted by Gasteiger charge is 2.00. The van der Waals surface area contributed by atoms with Crippen LogP contribution in [0.25, 0.3) is 0 Å². The molecule has 4 heterocycles. The summed E-state index contributed by atoms with van der Waals surface area (Å²) in [6, 6.07) is 44.1. The highest BCUT2D eigenvalue weighted by Crippen LogP contribution is 2.13. The Labute approximate surface area is 452 Å². The van der Waals surface area contributed by atoms with Crippen molar-refractivity contribution in [2.75, 3.05) is 20.8 Å². The lowest BCUT2D eigenvalue weighted by atomic mass is 10.0. The molecular weight excluding hydrogens is 927 g/mol. The van der Waals surface area contributed by atoms with E-state index in [1.54, 1.807) is 57.4 Å². The van der Waals surface area contributed by atoms with Gasteiger partial charge < -0.3 is 14.8 Å². The SMILES string of the molecule is CCCCCCCCc1ccc(C)cc1.CNC(=O)c1ccc(C)cc1.COc1ccc(C)cc1.Cc1ccc(OCC(C)C)cc1.Cc1ccccn1.Cc1cccnc1.Cc1cncnc1.Cc1ncccn1. The van der Waals surface area contributed by atoms with E-state index in [1.807, 2.05) is 132 Å². The van der Waals surface area contributed by atoms with Gasteiger partial charge in [0.25, 0.3) is 5.91 Å². The zero-order valence-electron chi connectivity index (χ0n) is 47.5. The van der Waals surface area contributed by atoms with Crippen molar-refractivity contribution in [3.63, 3.8) is 0 Å². The molecule has 0 radical (unpaired) electrons. The lowest BCUT2D eigenvalue weighted by molar-refractivity contribution is 0.0963. The van der Waals surface area contributed by atoms with E-state index < -0.39 is 0 Å². The van der Waals surface area contributed by atoms with Crippen molar-refractivity contribution < 1.29 is 14.3 Å². The number of methoxy groups -OCH3 is 1. The van der Waals surface area contributed by atoms with Crippen LogP contribution in [0.5, 0.6) is 11.5 Å². The minimum absolute atomic E-state index is 0.0370. The third kappa shape index (κ3) is 37.8. The average molecular weight is 1010 g/mol. The first-order valence-electron chi connectivity index (χ1n) is 26.0. The Morgan fingerprint density at radius 1 is 0.507 bits per heavy atom. The van der Waals surface area contributed by atoms with Gasteiger partial charge in [-0.25, -0.2) is 19.9 Å². The molecule has 10 nitrogen and oxygen atoms in total. The lowest BCUT2D eigenvalue weighted by Gasteiger charge is -2.08. The van der Waals surface area contributed by atoms with Crippen LogP contribution in [0.1, 0.15) is 120 Å². The standard InChI is InChI=1S/C15H24.C11H16O.C9H11NO.C8H10O.2C6H7N.2C5H6N2/c1-3-4-5-6-7-8-9-15-12-10-14(2)11-13-15;1-9(2)8-12-11-6-4-10(3)5-7-11;1-7-3-5-8(6-4-7)9(11)10-2;1-7-3-5-8(9-2)6-4-7;1-6-3-2-4-7-5-6;1-6-4-2-3-5-7-6;1-5-2-6-4-7-3-5;1-5-6-3-2-4-7-5/h10-13H,3-9H2,1-2H3;4-7,9H,8H2,1-3H3;3-6H,1-2H3,(H,10,11);3-6H,1-2H3;2*2-5H,1H3;2*2-4H,1H3. The van der Waals surface area contributed by atoms with Gasteiger partial charge in [0, 0.05) is 61.7 Å². The smallest absolute Gasteiger partial charge is 0.251 e. The van der Waals surface area contributed by atoms with Gasteiger partial charge in [0.15, 0.2) is 0 Å². The molecule has 8 rings (SSSR count). The number of aryl methyl sites for hydroxylation is 9. The molecule has 0 unspecified atom stereocenters. The maximum atomic E-state index is 11.0. The lowest BCUT2D eigenvalue weighted by Crippen LogP contribution is -2.17. The van der Waals surface area contributed by atoms with Gasteiger partial charge >= 0.3 is 0 Å². The van der Waals surface area contributed by atoms with E-state index in [4.69, 9.17) is 9.47 Å². The molecule has 400 valence electrons. The molecule has 0 aliphatic rings. The molecule has 0 atom stereocenters. The molecule has 0 saturated carbocycles. The first-order chi connectivity index (χ1) is 36.1. The molecule has 0 aliphatic heterocycles. The topological polar surface area (TPSA) is 125 Å². The predicted octanol–water partition coefficient (Wildman–Crippen LogP) is 15.6. The fraction of sp³-hybridized carbons (Fsp3) is 0.338. The van der Waals surface area contributed by atoms with E-state index in [1.165, 1.54) is 79.1 Å². The van der Waals surface area contributed by atoms with Crippen LogP contribution < -0.4 is 14.8 Å². The summed E-state index contributed by atoms with van der Waals surface area (Å²) in [5, 5.41) is 2.56. The fourth-order valence-electron chi connectivity index (χ4n) is 5.93. The monoisotopic (exact) mass is 1010 g/mol. The second-order valence-corrected chi connectivity index (χ2v) is 18.2. The van der Waals surface area contributed by atoms with Crippen LogP contribution in [-0.2, 0) is 6.42 Å². The molecule has 10 heteroatoms. The molecule has 0 saturated heterocycles. The molecule has 0 bridgehead atoms. The molecule has 0 spiro atoms. The quantitative estimate of drug-likeness (QED) is 0.119. The van der Waals surface area contributed by atoms with Gasteiger partial charge in [0.1, 0.15) is 23.7 Å². The van der Waals surface area contributed by atoms with E-state index >= 15 is 0 Å². The summed E-state index contributed by atoms with van der Waals surface area (Å²) in [4.78, 5) is 34.2. The molecule has 0 fully saturated rings. The minimum atomic E-state index is -0.0370. The van der Waals surface area contributed by atoms with Crippen molar-refractivity contribution in [1.82, 2.24) is 35.2 Å². The van der Waals surface area contributed by atoms with Gasteiger partial charge in [-0.3, -0.25) is 14.8 Å². The number of carbonyl (C=O) groups excluding carboxylic acids is 1. The number of hydrogen-bond acceptors (Lipinski definition) is 9. The van der Waals surface area contributed by atoms with Crippen molar-refractivity contribution in [2.24, 2.45) is 5.92 Å². The van der Waals surface area contributed by atoms with E-state index in [0.717, 1.165) is 40.8 Å². The maximum Gasteiger partial charge on any atom is 0.251 e. The van der Waals surface area contributed by atoms with E-state index in [2.05, 4.69) is 113 Å². The Balaban J connectivity index is 0.000000435. The number of ether oxygens (including phenoxy) is 2. The zero-order chi connectivity index (χ0) is 55.3. The van der Waals surface area contributed by atoms with Crippen molar-refractivity contribution in [2.45, 2.75) is 121 Å². The number of hydrogen-bond donors (Lipinski definition) is 1. The molecular formula is C65H87N7O3. The Kier molecular flexibility index (Phi) is 37.4. The molecule has 8 aromatic rings. The summed E-state index contributed by atoms with van der Waals surface area (Å²) in [7, 11) is 3.30. The largest absolute Gasteiger partial charge is 0.497 e. The summed E-state index contributed by atoms with van der Waals surface area (Å²) < 4.78 is 10.5. The fourth-order valence-corrected chi connectivity index (χ4v) is 5.93. The maximum absolute atomic E-state index is 11.0. The van der Waals surface area contributed by atoms with Gasteiger partial charge in [0.2, 0.25) is 0 Å². The van der Waals surface area contributed by atoms with Gasteiger partial charge in [-0.05, 0) is 152 Å². The van der Waals surface area contributed by atoms with Crippen LogP contribution in [-0.4, -0.2) is 56.6 Å². The molecule has 4 aromatic heterocycles. The summed E-state index contributed by atoms with van der Waals surface area (Å²) in [5.74, 6) is 3.26. The van der Waals surface area contributed by atoms with Crippen LogP contribution in [0.15, 0.2) is 183 Å². The number of nitrogens with zero attached hydrogens (tertiary/aromatic N) is 6. The predicted molar refractivity (Wildman–Crippen MR) is 314 cm³/mol. The molecule has 1 amide bonds. The van der Waals surface area contributed by atoms with Crippen molar-refractivity contribution >= 4 is 5.91 Å². The summed E-state index contributed by atoms with van der Waals surface area (Å²) in [6.45, 7) is 23.4. The van der Waals surface area contributed by atoms with Crippen molar-refractivity contribution in [3.05, 3.63) is 239 Å². The van der Waals surface area contributed by atoms with E-state index in [9.17, 15) is 4.79 Å². The Hall–Kier alpha value is -7.59. The number of benzene rings is 4. The highest BCUT2D eigenvalue weighted by atomic mass is 16.5. The number of pyridine rings is 2. The van der Waals surface area contributed by atoms with Crippen LogP contribution in [0.4, 0.5) is 0 Å². The first kappa shape index (κ1) is 65.4. The number of unbranched alkanes of at least 4 members (excludes halogenated alkanes) is 5. The van der Waals surface area contributed by atoms with E-state index in [0.29, 0.717) is 11.5 Å². The average Bonchev–Trinajstić information content (AvgIpc) is 3.42. The van der Waals surface area contributed by atoms with E-state index in [-0.39, 0.29) is 5.91 Å². The number of aromatic nitrogens is 6. The minimum Gasteiger partial charge on any atom is -0.497 e. The highest BCUT2D eigenvalue weighted by molar-refractivity contribution is 5.93. The Bertz CT molecular complexity index is 2380. The van der Waals surface area contributed by atoms with Gasteiger partial charge in [-0.15, -0.1) is 0 Å². The molecule has 4 aromatic carbocycles. The second kappa shape index (κ2) is 42.9. The third-order valence-electron chi connectivity index (χ3n) is 10.3. The number of nitrogens with one attached hydrogen (secondary N) is 1. The first-order valence-corrected chi connectivity index (χ1v) is 26.0. The van der Waals surface area contributed by atoms with Gasteiger partial charge in [0.05, 0.1) is 13.7 Å². The van der Waals surface area contributed by atoms with Crippen LogP contribution in [0, 0.1) is 61.3 Å². The number of amides is 1. The Morgan fingerprint density at radius 2 is 1.01 bits per heavy atom. The van der Waals surface area contributed by atoms with Gasteiger partial charge in [-0.1, -0.05) is 148 Å². The third-order valence-corrected chi connectivity index (χ3v) is 10.3. The summed E-state index contributed by atoms with van der Waals surface area (Å²) >= 11 is 0. The van der Waals surface area contributed by atoms with Crippen LogP contribution in [0.2, 0.25) is 0 Å². The Morgan fingerprint density at radius 3 is 1.40 bits per heavy atom.